The summed E-state index contributed by atoms with van der Waals surface area (Å²) in [6.07, 6.45) is -6.23. The fourth-order valence-corrected chi connectivity index (χ4v) is 3.02. The summed E-state index contributed by atoms with van der Waals surface area (Å²) in [5.74, 6) is -5.92. The van der Waals surface area contributed by atoms with E-state index >= 15 is 0 Å². The van der Waals surface area contributed by atoms with Gasteiger partial charge in [0.05, 0.1) is 6.61 Å². The first-order chi connectivity index (χ1) is 7.67. The zero-order valence-corrected chi connectivity index (χ0v) is 9.10. The Balaban J connectivity index is 2.20. The minimum Gasteiger partial charge on any atom is -0.394 e. The summed E-state index contributed by atoms with van der Waals surface area (Å²) in [5.41, 5.74) is 0. The molecule has 3 aliphatic heterocycles. The molecular weight excluding hydrogens is 263 g/mol. The van der Waals surface area contributed by atoms with Crippen molar-refractivity contribution in [2.24, 2.45) is 0 Å². The van der Waals surface area contributed by atoms with E-state index in [2.05, 4.69) is 13.6 Å². The van der Waals surface area contributed by atoms with Crippen molar-refractivity contribution < 1.29 is 48.8 Å². The molecular formula is C6H11O10P. The van der Waals surface area contributed by atoms with Gasteiger partial charge in [-0.05, 0) is 0 Å². The van der Waals surface area contributed by atoms with E-state index in [1.165, 1.54) is 0 Å². The van der Waals surface area contributed by atoms with Crippen LogP contribution < -0.4 is 0 Å². The molecule has 4 atom stereocenters. The number of fused-ring (bicyclic) bond motifs is 1. The van der Waals surface area contributed by atoms with E-state index < -0.39 is 44.5 Å². The normalized spacial score (nSPS) is 49.5. The fraction of sp³-hybridized carbons (Fsp3) is 1.00. The number of phosphoric ester groups is 1. The Bertz CT molecular complexity index is 362. The van der Waals surface area contributed by atoms with Crippen LogP contribution in [0.4, 0.5) is 0 Å². The van der Waals surface area contributed by atoms with Crippen LogP contribution in [0.3, 0.4) is 0 Å². The van der Waals surface area contributed by atoms with Crippen LogP contribution in [0.15, 0.2) is 0 Å². The predicted molar refractivity (Wildman–Crippen MR) is 45.9 cm³/mol. The highest BCUT2D eigenvalue weighted by molar-refractivity contribution is 7.50. The summed E-state index contributed by atoms with van der Waals surface area (Å²) in [4.78, 5) is 0. The molecule has 3 rings (SSSR count). The minimum atomic E-state index is -4.13. The van der Waals surface area contributed by atoms with E-state index in [0.29, 0.717) is 0 Å². The number of aliphatic hydroxyl groups excluding tert-OH is 4. The van der Waals surface area contributed by atoms with E-state index in [0.717, 1.165) is 0 Å². The molecule has 6 N–H and O–H groups in total. The first-order valence-electron chi connectivity index (χ1n) is 4.49. The number of aliphatic hydroxyl groups is 6. The lowest BCUT2D eigenvalue weighted by atomic mass is 9.98. The van der Waals surface area contributed by atoms with Crippen molar-refractivity contribution in [3.63, 3.8) is 0 Å². The van der Waals surface area contributed by atoms with Crippen LogP contribution in [0.5, 0.6) is 0 Å². The number of rotatable bonds is 4. The molecule has 3 fully saturated rings. The standard InChI is InChI=1S/C6H11O10P/c7-1-2(8)3(9)4(10)5(11)6(12)15-17(13,14-5)16-6/h2-4,7-12H,1H2/t2-,3-,4-,5+,6?,17?/m0/s1. The molecule has 100 valence electrons. The largest absolute Gasteiger partial charge is 0.486 e. The zero-order valence-electron chi connectivity index (χ0n) is 8.20. The van der Waals surface area contributed by atoms with Crippen LogP contribution in [0, 0.1) is 0 Å². The van der Waals surface area contributed by atoms with E-state index in [-0.39, 0.29) is 0 Å². The smallest absolute Gasteiger partial charge is 0.394 e. The van der Waals surface area contributed by atoms with Gasteiger partial charge < -0.3 is 30.6 Å². The molecule has 0 aromatic heterocycles. The van der Waals surface area contributed by atoms with Crippen molar-refractivity contribution in [2.45, 2.75) is 30.1 Å². The van der Waals surface area contributed by atoms with E-state index in [1.54, 1.807) is 0 Å². The molecule has 3 heterocycles. The first kappa shape index (κ1) is 13.3. The molecule has 0 aromatic carbocycles. The molecule has 3 aliphatic rings. The van der Waals surface area contributed by atoms with Gasteiger partial charge in [0.1, 0.15) is 18.3 Å². The minimum absolute atomic E-state index is 0.924. The molecule has 0 saturated carbocycles. The number of hydrogen-bond donors (Lipinski definition) is 6. The number of hydrogen-bond acceptors (Lipinski definition) is 10. The maximum Gasteiger partial charge on any atom is 0.486 e. The van der Waals surface area contributed by atoms with Crippen LogP contribution in [0.2, 0.25) is 0 Å². The van der Waals surface area contributed by atoms with E-state index in [1.807, 2.05) is 0 Å². The Hall–Kier alpha value is -0.130. The molecule has 10 nitrogen and oxygen atoms in total. The van der Waals surface area contributed by atoms with E-state index in [9.17, 15) is 25.0 Å². The fourth-order valence-electron chi connectivity index (χ4n) is 1.50. The second-order valence-electron chi connectivity index (χ2n) is 3.68. The van der Waals surface area contributed by atoms with Gasteiger partial charge in [-0.25, -0.2) is 18.1 Å². The molecule has 0 aromatic rings. The SMILES string of the molecule is O=P12OC(O)(O1)[C@@](O)([C@@H](O)[C@@H](O)[C@@H](O)CO)O2. The summed E-state index contributed by atoms with van der Waals surface area (Å²) in [6, 6.07) is 0. The molecule has 11 heteroatoms. The summed E-state index contributed by atoms with van der Waals surface area (Å²) in [7, 11) is -4.13. The van der Waals surface area contributed by atoms with Gasteiger partial charge in [-0.3, -0.25) is 0 Å². The Kier molecular flexibility index (Phi) is 2.88. The third kappa shape index (κ3) is 1.66. The van der Waals surface area contributed by atoms with Crippen LogP contribution in [0.1, 0.15) is 0 Å². The van der Waals surface area contributed by atoms with Gasteiger partial charge in [0, 0.05) is 0 Å². The topological polar surface area (TPSA) is 166 Å². The number of phosphoric acid groups is 1. The van der Waals surface area contributed by atoms with Gasteiger partial charge in [0.2, 0.25) is 0 Å². The summed E-state index contributed by atoms with van der Waals surface area (Å²) in [6.45, 7) is -0.924. The lowest BCUT2D eigenvalue weighted by Crippen LogP contribution is -2.64. The van der Waals surface area contributed by atoms with Crippen molar-refractivity contribution in [1.82, 2.24) is 0 Å². The molecule has 3 saturated heterocycles. The van der Waals surface area contributed by atoms with Crippen LogP contribution in [-0.4, -0.2) is 67.3 Å². The Labute approximate surface area is 94.2 Å². The van der Waals surface area contributed by atoms with Crippen molar-refractivity contribution in [3.05, 3.63) is 0 Å². The predicted octanol–water partition coefficient (Wildman–Crippen LogP) is -3.42. The van der Waals surface area contributed by atoms with Crippen molar-refractivity contribution >= 4 is 7.82 Å². The van der Waals surface area contributed by atoms with Crippen molar-refractivity contribution in [1.29, 1.82) is 0 Å². The molecule has 0 unspecified atom stereocenters. The van der Waals surface area contributed by atoms with Crippen molar-refractivity contribution in [3.8, 4) is 0 Å². The van der Waals surface area contributed by atoms with Crippen LogP contribution in [-0.2, 0) is 18.1 Å². The van der Waals surface area contributed by atoms with Gasteiger partial charge in [-0.1, -0.05) is 0 Å². The molecule has 2 bridgehead atoms. The maximum atomic E-state index is 11.2. The highest BCUT2D eigenvalue weighted by atomic mass is 31.2. The molecule has 0 radical (unpaired) electrons. The molecule has 0 spiro atoms. The Morgan fingerprint density at radius 1 is 1.12 bits per heavy atom. The quantitative estimate of drug-likeness (QED) is 0.284. The van der Waals surface area contributed by atoms with Gasteiger partial charge in [-0.2, -0.15) is 0 Å². The van der Waals surface area contributed by atoms with Gasteiger partial charge in [0.15, 0.2) is 0 Å². The van der Waals surface area contributed by atoms with Gasteiger partial charge in [-0.15, -0.1) is 0 Å². The average Bonchev–Trinajstić information content (AvgIpc) is 2.55. The summed E-state index contributed by atoms with van der Waals surface area (Å²) < 4.78 is 23.9. The highest BCUT2D eigenvalue weighted by Gasteiger charge is 2.82. The maximum absolute atomic E-state index is 11.2. The summed E-state index contributed by atoms with van der Waals surface area (Å²) >= 11 is 0. The lowest BCUT2D eigenvalue weighted by molar-refractivity contribution is -0.417. The first-order valence-corrected chi connectivity index (χ1v) is 5.95. The average molecular weight is 274 g/mol. The highest BCUT2D eigenvalue weighted by Crippen LogP contribution is 2.76. The lowest BCUT2D eigenvalue weighted by Gasteiger charge is -2.37. The molecule has 17 heavy (non-hydrogen) atoms. The summed E-state index contributed by atoms with van der Waals surface area (Å²) in [5, 5.41) is 55.6. The van der Waals surface area contributed by atoms with Crippen molar-refractivity contribution in [2.75, 3.05) is 6.61 Å². The van der Waals surface area contributed by atoms with Crippen LogP contribution in [0.25, 0.3) is 0 Å². The Morgan fingerprint density at radius 3 is 2.00 bits per heavy atom. The van der Waals surface area contributed by atoms with Crippen LogP contribution >= 0.6 is 7.82 Å². The zero-order chi connectivity index (χ0) is 13.1. The second kappa shape index (κ2) is 3.68. The molecule has 0 amide bonds. The third-order valence-corrected chi connectivity index (χ3v) is 3.92. The van der Waals surface area contributed by atoms with E-state index in [4.69, 9.17) is 10.2 Å². The third-order valence-electron chi connectivity index (χ3n) is 2.48. The van der Waals surface area contributed by atoms with Gasteiger partial charge in [0.25, 0.3) is 5.79 Å². The monoisotopic (exact) mass is 274 g/mol. The van der Waals surface area contributed by atoms with Gasteiger partial charge >= 0.3 is 13.8 Å². The molecule has 0 aliphatic carbocycles. The Morgan fingerprint density at radius 2 is 1.65 bits per heavy atom. The second-order valence-corrected chi connectivity index (χ2v) is 5.13.